The van der Waals surface area contributed by atoms with Crippen LogP contribution in [0.1, 0.15) is 45.7 Å². The molecule has 0 bridgehead atoms. The zero-order chi connectivity index (χ0) is 14.9. The number of hydrogen-bond donors (Lipinski definition) is 1. The Bertz CT molecular complexity index is 460. The third-order valence-electron chi connectivity index (χ3n) is 4.81. The molecule has 112 valence electrons. The van der Waals surface area contributed by atoms with Gasteiger partial charge in [0.25, 0.3) is 0 Å². The Kier molecular flexibility index (Phi) is 4.98. The van der Waals surface area contributed by atoms with Crippen LogP contribution in [-0.4, -0.2) is 19.6 Å². The number of benzene rings is 1. The predicted octanol–water partition coefficient (Wildman–Crippen LogP) is 4.49. The highest BCUT2D eigenvalue weighted by Crippen LogP contribution is 2.34. The van der Waals surface area contributed by atoms with Gasteiger partial charge in [-0.15, -0.1) is 0 Å². The zero-order valence-electron chi connectivity index (χ0n) is 13.3. The van der Waals surface area contributed by atoms with Gasteiger partial charge >= 0.3 is 0 Å². The van der Waals surface area contributed by atoms with Gasteiger partial charge in [-0.3, -0.25) is 0 Å². The van der Waals surface area contributed by atoms with Gasteiger partial charge in [-0.25, -0.2) is 0 Å². The van der Waals surface area contributed by atoms with Gasteiger partial charge in [-0.2, -0.15) is 0 Å². The van der Waals surface area contributed by atoms with E-state index >= 15 is 0 Å². The van der Waals surface area contributed by atoms with E-state index in [1.165, 1.54) is 17.7 Å². The zero-order valence-corrected chi connectivity index (χ0v) is 14.0. The Balaban J connectivity index is 2.26. The van der Waals surface area contributed by atoms with Crippen LogP contribution in [0, 0.1) is 11.8 Å². The van der Waals surface area contributed by atoms with E-state index in [4.69, 9.17) is 11.6 Å². The summed E-state index contributed by atoms with van der Waals surface area (Å²) in [6.07, 6.45) is 1.32. The first-order valence-electron chi connectivity index (χ1n) is 7.67. The molecule has 1 aliphatic rings. The molecule has 0 spiro atoms. The van der Waals surface area contributed by atoms with Gasteiger partial charge < -0.3 is 10.2 Å². The minimum atomic E-state index is 0.285. The molecule has 1 fully saturated rings. The summed E-state index contributed by atoms with van der Waals surface area (Å²) in [6.45, 7) is 10.3. The van der Waals surface area contributed by atoms with E-state index in [1.54, 1.807) is 0 Å². The van der Waals surface area contributed by atoms with Crippen LogP contribution in [0.25, 0.3) is 0 Å². The molecule has 1 N–H and O–H groups in total. The van der Waals surface area contributed by atoms with Crippen molar-refractivity contribution in [3.8, 4) is 0 Å². The summed E-state index contributed by atoms with van der Waals surface area (Å²) in [7, 11) is 1.96. The molecule has 20 heavy (non-hydrogen) atoms. The summed E-state index contributed by atoms with van der Waals surface area (Å²) < 4.78 is 0. The second kappa shape index (κ2) is 6.36. The van der Waals surface area contributed by atoms with Crippen molar-refractivity contribution >= 4 is 17.3 Å². The summed E-state index contributed by atoms with van der Waals surface area (Å²) in [5.74, 6) is 1.48. The van der Waals surface area contributed by atoms with E-state index in [9.17, 15) is 0 Å². The smallest absolute Gasteiger partial charge is 0.0474 e. The number of hydrogen-bond acceptors (Lipinski definition) is 2. The van der Waals surface area contributed by atoms with Crippen molar-refractivity contribution in [2.75, 3.05) is 18.5 Å². The maximum absolute atomic E-state index is 6.48. The van der Waals surface area contributed by atoms with Gasteiger partial charge in [0, 0.05) is 29.3 Å². The largest absolute Gasteiger partial charge is 0.368 e. The van der Waals surface area contributed by atoms with Crippen LogP contribution >= 0.6 is 11.6 Å². The van der Waals surface area contributed by atoms with Gasteiger partial charge in [-0.1, -0.05) is 31.5 Å². The Morgan fingerprint density at radius 1 is 1.30 bits per heavy atom. The van der Waals surface area contributed by atoms with Crippen molar-refractivity contribution in [3.63, 3.8) is 0 Å². The summed E-state index contributed by atoms with van der Waals surface area (Å²) in [5, 5.41) is 4.11. The standard InChI is InChI=1S/C17H27ClN2/c1-11-8-12(2)14(4)20(10-11)15-6-7-16(13(3)19-5)17(18)9-15/h6-7,9,11-14,19H,8,10H2,1-5H3. The monoisotopic (exact) mass is 294 g/mol. The summed E-state index contributed by atoms with van der Waals surface area (Å²) >= 11 is 6.48. The number of halogens is 1. The third kappa shape index (κ3) is 3.12. The van der Waals surface area contributed by atoms with E-state index in [2.05, 4.69) is 56.1 Å². The molecule has 1 aliphatic heterocycles. The van der Waals surface area contributed by atoms with Crippen molar-refractivity contribution in [2.24, 2.45) is 11.8 Å². The van der Waals surface area contributed by atoms with E-state index in [1.807, 2.05) is 7.05 Å². The summed E-state index contributed by atoms with van der Waals surface area (Å²) in [5.41, 5.74) is 2.43. The summed E-state index contributed by atoms with van der Waals surface area (Å²) in [4.78, 5) is 2.51. The van der Waals surface area contributed by atoms with Crippen LogP contribution < -0.4 is 10.2 Å². The number of piperidine rings is 1. The van der Waals surface area contributed by atoms with Gasteiger partial charge in [0.05, 0.1) is 0 Å². The van der Waals surface area contributed by atoms with Gasteiger partial charge in [0.2, 0.25) is 0 Å². The minimum absolute atomic E-state index is 0.285. The number of nitrogens with zero attached hydrogens (tertiary/aromatic N) is 1. The molecule has 4 atom stereocenters. The quantitative estimate of drug-likeness (QED) is 0.883. The maximum atomic E-state index is 6.48. The maximum Gasteiger partial charge on any atom is 0.0474 e. The fraction of sp³-hybridized carbons (Fsp3) is 0.647. The van der Waals surface area contributed by atoms with Crippen LogP contribution in [0.15, 0.2) is 18.2 Å². The molecule has 1 heterocycles. The highest BCUT2D eigenvalue weighted by atomic mass is 35.5. The first-order chi connectivity index (χ1) is 9.43. The molecule has 0 aromatic heterocycles. The number of anilines is 1. The molecule has 2 rings (SSSR count). The van der Waals surface area contributed by atoms with Gasteiger partial charge in [-0.05, 0) is 56.8 Å². The van der Waals surface area contributed by atoms with E-state index in [-0.39, 0.29) is 6.04 Å². The molecule has 0 radical (unpaired) electrons. The van der Waals surface area contributed by atoms with Crippen LogP contribution in [0.2, 0.25) is 5.02 Å². The third-order valence-corrected chi connectivity index (χ3v) is 5.14. The number of rotatable bonds is 3. The van der Waals surface area contributed by atoms with Crippen molar-refractivity contribution < 1.29 is 0 Å². The molecule has 3 heteroatoms. The lowest BCUT2D eigenvalue weighted by Gasteiger charge is -2.42. The molecule has 0 amide bonds. The Morgan fingerprint density at radius 3 is 2.60 bits per heavy atom. The van der Waals surface area contributed by atoms with Gasteiger partial charge in [0.15, 0.2) is 0 Å². The normalized spacial score (nSPS) is 28.5. The van der Waals surface area contributed by atoms with Gasteiger partial charge in [0.1, 0.15) is 0 Å². The average Bonchev–Trinajstić information content (AvgIpc) is 2.41. The topological polar surface area (TPSA) is 15.3 Å². The Morgan fingerprint density at radius 2 is 2.00 bits per heavy atom. The highest BCUT2D eigenvalue weighted by molar-refractivity contribution is 6.31. The van der Waals surface area contributed by atoms with E-state index in [0.717, 1.165) is 23.4 Å². The molecule has 1 aromatic carbocycles. The van der Waals surface area contributed by atoms with Crippen molar-refractivity contribution in [1.29, 1.82) is 0 Å². The molecule has 0 saturated carbocycles. The minimum Gasteiger partial charge on any atom is -0.368 e. The molecule has 2 nitrogen and oxygen atoms in total. The fourth-order valence-electron chi connectivity index (χ4n) is 3.26. The van der Waals surface area contributed by atoms with E-state index in [0.29, 0.717) is 6.04 Å². The lowest BCUT2D eigenvalue weighted by molar-refractivity contribution is 0.297. The Hall–Kier alpha value is -0.730. The van der Waals surface area contributed by atoms with Crippen molar-refractivity contribution in [3.05, 3.63) is 28.8 Å². The van der Waals surface area contributed by atoms with E-state index < -0.39 is 0 Å². The molecular formula is C17H27ClN2. The second-order valence-corrected chi connectivity index (χ2v) is 6.83. The summed E-state index contributed by atoms with van der Waals surface area (Å²) in [6, 6.07) is 7.38. The van der Waals surface area contributed by atoms with Crippen LogP contribution in [0.5, 0.6) is 0 Å². The first kappa shape index (κ1) is 15.7. The Labute approximate surface area is 128 Å². The number of nitrogens with one attached hydrogen (secondary N) is 1. The van der Waals surface area contributed by atoms with Crippen LogP contribution in [0.4, 0.5) is 5.69 Å². The fourth-order valence-corrected chi connectivity index (χ4v) is 3.60. The molecule has 1 saturated heterocycles. The average molecular weight is 295 g/mol. The van der Waals surface area contributed by atoms with Crippen LogP contribution in [-0.2, 0) is 0 Å². The molecule has 1 aromatic rings. The SMILES string of the molecule is CNC(C)c1ccc(N2CC(C)CC(C)C2C)cc1Cl. The van der Waals surface area contributed by atoms with Crippen molar-refractivity contribution in [1.82, 2.24) is 5.32 Å². The predicted molar refractivity (Wildman–Crippen MR) is 88.7 cm³/mol. The van der Waals surface area contributed by atoms with Crippen LogP contribution in [0.3, 0.4) is 0 Å². The lowest BCUT2D eigenvalue weighted by atomic mass is 9.85. The molecule has 0 aliphatic carbocycles. The molecular weight excluding hydrogens is 268 g/mol. The van der Waals surface area contributed by atoms with Crippen molar-refractivity contribution in [2.45, 2.75) is 46.2 Å². The lowest BCUT2D eigenvalue weighted by Crippen LogP contribution is -2.45. The highest BCUT2D eigenvalue weighted by Gasteiger charge is 2.29. The molecule has 4 unspecified atom stereocenters. The second-order valence-electron chi connectivity index (χ2n) is 6.43. The first-order valence-corrected chi connectivity index (χ1v) is 8.05.